The summed E-state index contributed by atoms with van der Waals surface area (Å²) >= 11 is 1.62. The SMILES string of the molecule is CCOC(=O)NCCNC(C)c1cncs1. The van der Waals surface area contributed by atoms with Crippen LogP contribution in [0.3, 0.4) is 0 Å². The highest BCUT2D eigenvalue weighted by Gasteiger charge is 2.05. The average molecular weight is 243 g/mol. The molecule has 0 fully saturated rings. The zero-order valence-electron chi connectivity index (χ0n) is 9.53. The lowest BCUT2D eigenvalue weighted by atomic mass is 10.3. The molecule has 6 heteroatoms. The van der Waals surface area contributed by atoms with E-state index in [0.717, 1.165) is 0 Å². The van der Waals surface area contributed by atoms with Gasteiger partial charge < -0.3 is 15.4 Å². The van der Waals surface area contributed by atoms with E-state index in [4.69, 9.17) is 4.74 Å². The van der Waals surface area contributed by atoms with E-state index in [9.17, 15) is 4.79 Å². The van der Waals surface area contributed by atoms with E-state index < -0.39 is 0 Å². The molecule has 0 spiro atoms. The molecule has 90 valence electrons. The van der Waals surface area contributed by atoms with Crippen LogP contribution in [0, 0.1) is 0 Å². The van der Waals surface area contributed by atoms with E-state index in [1.165, 1.54) is 4.88 Å². The minimum atomic E-state index is -0.366. The molecule has 0 aromatic carbocycles. The van der Waals surface area contributed by atoms with Gasteiger partial charge in [-0.1, -0.05) is 0 Å². The van der Waals surface area contributed by atoms with Gasteiger partial charge in [0.15, 0.2) is 0 Å². The van der Waals surface area contributed by atoms with Gasteiger partial charge in [-0.2, -0.15) is 0 Å². The van der Waals surface area contributed by atoms with Crippen LogP contribution < -0.4 is 10.6 Å². The Morgan fingerprint density at radius 1 is 1.62 bits per heavy atom. The summed E-state index contributed by atoms with van der Waals surface area (Å²) in [7, 11) is 0. The summed E-state index contributed by atoms with van der Waals surface area (Å²) in [5, 5.41) is 5.93. The maximum atomic E-state index is 10.9. The van der Waals surface area contributed by atoms with Crippen molar-refractivity contribution < 1.29 is 9.53 Å². The average Bonchev–Trinajstić information content (AvgIpc) is 2.78. The fourth-order valence-corrected chi connectivity index (χ4v) is 1.83. The number of hydrogen-bond acceptors (Lipinski definition) is 5. The van der Waals surface area contributed by atoms with Crippen molar-refractivity contribution in [1.82, 2.24) is 15.6 Å². The number of hydrogen-bond donors (Lipinski definition) is 2. The lowest BCUT2D eigenvalue weighted by molar-refractivity contribution is 0.152. The maximum absolute atomic E-state index is 10.9. The summed E-state index contributed by atoms with van der Waals surface area (Å²) in [5.41, 5.74) is 1.81. The number of rotatable bonds is 6. The van der Waals surface area contributed by atoms with Crippen LogP contribution in [0.1, 0.15) is 24.8 Å². The molecule has 1 heterocycles. The maximum Gasteiger partial charge on any atom is 0.407 e. The Morgan fingerprint density at radius 3 is 3.06 bits per heavy atom. The van der Waals surface area contributed by atoms with Crippen molar-refractivity contribution in [2.45, 2.75) is 19.9 Å². The number of alkyl carbamates (subject to hydrolysis) is 1. The Labute approximate surface area is 99.2 Å². The highest BCUT2D eigenvalue weighted by molar-refractivity contribution is 7.09. The summed E-state index contributed by atoms with van der Waals surface area (Å²) in [4.78, 5) is 16.2. The zero-order valence-corrected chi connectivity index (χ0v) is 10.3. The normalized spacial score (nSPS) is 12.1. The Hall–Kier alpha value is -1.14. The van der Waals surface area contributed by atoms with E-state index in [-0.39, 0.29) is 12.1 Å². The molecular weight excluding hydrogens is 226 g/mol. The molecular formula is C10H17N3O2S. The molecule has 0 aliphatic rings. The second-order valence-electron chi connectivity index (χ2n) is 3.23. The molecule has 0 bridgehead atoms. The highest BCUT2D eigenvalue weighted by Crippen LogP contribution is 2.15. The van der Waals surface area contributed by atoms with Gasteiger partial charge in [-0.15, -0.1) is 11.3 Å². The van der Waals surface area contributed by atoms with Crippen molar-refractivity contribution >= 4 is 17.4 Å². The van der Waals surface area contributed by atoms with E-state index in [1.807, 2.05) is 11.7 Å². The Bertz CT molecular complexity index is 303. The number of carbonyl (C=O) groups is 1. The van der Waals surface area contributed by atoms with Crippen LogP contribution in [0.15, 0.2) is 11.7 Å². The molecule has 0 saturated heterocycles. The topological polar surface area (TPSA) is 63.2 Å². The van der Waals surface area contributed by atoms with E-state index >= 15 is 0 Å². The van der Waals surface area contributed by atoms with Crippen molar-refractivity contribution in [2.24, 2.45) is 0 Å². The number of nitrogens with one attached hydrogen (secondary N) is 2. The largest absolute Gasteiger partial charge is 0.450 e. The molecule has 0 radical (unpaired) electrons. The third kappa shape index (κ3) is 4.59. The summed E-state index contributed by atoms with van der Waals surface area (Å²) in [6, 6.07) is 0.261. The third-order valence-corrected chi connectivity index (χ3v) is 2.96. The summed E-state index contributed by atoms with van der Waals surface area (Å²) in [6.07, 6.45) is 1.48. The van der Waals surface area contributed by atoms with Crippen LogP contribution in [0.2, 0.25) is 0 Å². The minimum Gasteiger partial charge on any atom is -0.450 e. The third-order valence-electron chi connectivity index (χ3n) is 2.00. The van der Waals surface area contributed by atoms with E-state index in [2.05, 4.69) is 22.5 Å². The van der Waals surface area contributed by atoms with Crippen LogP contribution in [-0.4, -0.2) is 30.8 Å². The molecule has 2 N–H and O–H groups in total. The molecule has 1 unspecified atom stereocenters. The van der Waals surface area contributed by atoms with Gasteiger partial charge in [0.05, 0.1) is 12.1 Å². The Morgan fingerprint density at radius 2 is 2.44 bits per heavy atom. The second kappa shape index (κ2) is 7.19. The van der Waals surface area contributed by atoms with Crippen LogP contribution in [0.4, 0.5) is 4.79 Å². The lowest BCUT2D eigenvalue weighted by Gasteiger charge is -2.11. The van der Waals surface area contributed by atoms with Gasteiger partial charge in [-0.3, -0.25) is 4.98 Å². The van der Waals surface area contributed by atoms with Gasteiger partial charge in [0.25, 0.3) is 0 Å². The van der Waals surface area contributed by atoms with Gasteiger partial charge >= 0.3 is 6.09 Å². The molecule has 0 aliphatic heterocycles. The second-order valence-corrected chi connectivity index (χ2v) is 4.14. The molecule has 1 aromatic rings. The number of aromatic nitrogens is 1. The number of amides is 1. The monoisotopic (exact) mass is 243 g/mol. The Kier molecular flexibility index (Phi) is 5.81. The van der Waals surface area contributed by atoms with E-state index in [0.29, 0.717) is 19.7 Å². The first-order chi connectivity index (χ1) is 7.74. The quantitative estimate of drug-likeness (QED) is 0.744. The molecule has 0 aliphatic carbocycles. The van der Waals surface area contributed by atoms with Crippen molar-refractivity contribution in [3.05, 3.63) is 16.6 Å². The number of thiazole rings is 1. The first-order valence-electron chi connectivity index (χ1n) is 5.26. The fourth-order valence-electron chi connectivity index (χ4n) is 1.18. The zero-order chi connectivity index (χ0) is 11.8. The van der Waals surface area contributed by atoms with Gasteiger partial charge in [0.1, 0.15) is 0 Å². The molecule has 0 saturated carbocycles. The smallest absolute Gasteiger partial charge is 0.407 e. The van der Waals surface area contributed by atoms with Crippen molar-refractivity contribution in [3.8, 4) is 0 Å². The molecule has 1 aromatic heterocycles. The lowest BCUT2D eigenvalue weighted by Crippen LogP contribution is -2.33. The van der Waals surface area contributed by atoms with Crippen LogP contribution in [-0.2, 0) is 4.74 Å². The molecule has 1 amide bonds. The number of nitrogens with zero attached hydrogens (tertiary/aromatic N) is 1. The molecule has 1 atom stereocenters. The van der Waals surface area contributed by atoms with Crippen LogP contribution >= 0.6 is 11.3 Å². The molecule has 5 nitrogen and oxygen atoms in total. The van der Waals surface area contributed by atoms with Crippen molar-refractivity contribution in [3.63, 3.8) is 0 Å². The summed E-state index contributed by atoms with van der Waals surface area (Å²) in [6.45, 7) is 5.51. The summed E-state index contributed by atoms with van der Waals surface area (Å²) in [5.74, 6) is 0. The first-order valence-corrected chi connectivity index (χ1v) is 6.14. The van der Waals surface area contributed by atoms with E-state index in [1.54, 1.807) is 18.3 Å². The first kappa shape index (κ1) is 12.9. The number of carbonyl (C=O) groups excluding carboxylic acids is 1. The van der Waals surface area contributed by atoms with Gasteiger partial charge in [0.2, 0.25) is 0 Å². The minimum absolute atomic E-state index is 0.261. The standard InChI is InChI=1S/C10H17N3O2S/c1-3-15-10(14)13-5-4-12-8(2)9-6-11-7-16-9/h6-8,12H,3-5H2,1-2H3,(H,13,14). The predicted molar refractivity (Wildman–Crippen MR) is 63.6 cm³/mol. The Balaban J connectivity index is 2.09. The van der Waals surface area contributed by atoms with Crippen LogP contribution in [0.5, 0.6) is 0 Å². The fraction of sp³-hybridized carbons (Fsp3) is 0.600. The van der Waals surface area contributed by atoms with Crippen molar-refractivity contribution in [2.75, 3.05) is 19.7 Å². The van der Waals surface area contributed by atoms with Gasteiger partial charge in [-0.05, 0) is 13.8 Å². The van der Waals surface area contributed by atoms with Crippen molar-refractivity contribution in [1.29, 1.82) is 0 Å². The van der Waals surface area contributed by atoms with Gasteiger partial charge in [0, 0.05) is 30.2 Å². The van der Waals surface area contributed by atoms with Crippen LogP contribution in [0.25, 0.3) is 0 Å². The predicted octanol–water partition coefficient (Wildman–Crippen LogP) is 1.54. The number of ether oxygens (including phenoxy) is 1. The molecule has 16 heavy (non-hydrogen) atoms. The highest BCUT2D eigenvalue weighted by atomic mass is 32.1. The molecule has 1 rings (SSSR count). The van der Waals surface area contributed by atoms with Gasteiger partial charge in [-0.25, -0.2) is 4.79 Å². The summed E-state index contributed by atoms with van der Waals surface area (Å²) < 4.78 is 4.74.